The van der Waals surface area contributed by atoms with Crippen LogP contribution in [0.4, 0.5) is 5.69 Å². The number of amides is 1. The number of hydrazone groups is 1. The van der Waals surface area contributed by atoms with Gasteiger partial charge in [0.15, 0.2) is 0 Å². The van der Waals surface area contributed by atoms with Gasteiger partial charge in [0.05, 0.1) is 11.1 Å². The molecule has 0 spiro atoms. The van der Waals surface area contributed by atoms with Crippen LogP contribution in [0.1, 0.15) is 5.76 Å². The van der Waals surface area contributed by atoms with Crippen molar-refractivity contribution in [3.63, 3.8) is 0 Å². The van der Waals surface area contributed by atoms with Gasteiger partial charge in [0.2, 0.25) is 0 Å². The van der Waals surface area contributed by atoms with Crippen LogP contribution in [-0.2, 0) is 4.79 Å². The average molecular weight is 289 g/mol. The highest BCUT2D eigenvalue weighted by atomic mass is 16.6. The van der Waals surface area contributed by atoms with E-state index in [4.69, 9.17) is 9.52 Å². The first kappa shape index (κ1) is 14.4. The molecular formula is C13H11N3O5. The summed E-state index contributed by atoms with van der Waals surface area (Å²) < 4.78 is 5.43. The lowest BCUT2D eigenvalue weighted by Crippen LogP contribution is -2.20. The number of carbonyl (C=O) groups is 1. The molecule has 0 aliphatic carbocycles. The maximum absolute atomic E-state index is 10.8. The summed E-state index contributed by atoms with van der Waals surface area (Å²) in [5.74, 6) is 0.153. The van der Waals surface area contributed by atoms with Crippen LogP contribution in [0.3, 0.4) is 0 Å². The molecule has 8 nitrogen and oxygen atoms in total. The highest BCUT2D eigenvalue weighted by molar-refractivity contribution is 5.81. The molecule has 0 radical (unpaired) electrons. The van der Waals surface area contributed by atoms with Gasteiger partial charge in [-0.05, 0) is 12.1 Å². The maximum Gasteiger partial charge on any atom is 0.270 e. The number of carbonyl (C=O) groups excluding carboxylic acids is 1. The number of nitro benzene ring substituents is 1. The summed E-state index contributed by atoms with van der Waals surface area (Å²) in [7, 11) is 0. The fraction of sp³-hybridized carbons (Fsp3) is 0.0769. The molecule has 1 aromatic heterocycles. The van der Waals surface area contributed by atoms with E-state index in [0.29, 0.717) is 17.1 Å². The summed E-state index contributed by atoms with van der Waals surface area (Å²) in [6.07, 6.45) is 1.26. The number of nitrogens with one attached hydrogen (secondary N) is 1. The summed E-state index contributed by atoms with van der Waals surface area (Å²) in [6.45, 7) is -0.658. The van der Waals surface area contributed by atoms with Crippen molar-refractivity contribution in [3.05, 3.63) is 52.3 Å². The molecule has 1 heterocycles. The molecule has 1 amide bonds. The number of nitro groups is 1. The number of nitrogens with zero attached hydrogens (tertiary/aromatic N) is 2. The molecule has 2 N–H and O–H groups in total. The van der Waals surface area contributed by atoms with Crippen LogP contribution in [0.5, 0.6) is 0 Å². The SMILES string of the molecule is O=C(CO)N/N=C/c1ccc(-c2cccc([N+](=O)[O-])c2)o1. The molecule has 0 saturated heterocycles. The topological polar surface area (TPSA) is 118 Å². The van der Waals surface area contributed by atoms with Crippen molar-refractivity contribution >= 4 is 17.8 Å². The Hall–Kier alpha value is -3.00. The highest BCUT2D eigenvalue weighted by Gasteiger charge is 2.09. The fourth-order valence-corrected chi connectivity index (χ4v) is 1.55. The molecule has 0 atom stereocenters. The number of non-ortho nitro benzene ring substituents is 1. The minimum absolute atomic E-state index is 0.0330. The molecule has 0 saturated carbocycles. The van der Waals surface area contributed by atoms with Crippen molar-refractivity contribution in [2.75, 3.05) is 6.61 Å². The van der Waals surface area contributed by atoms with E-state index in [1.807, 2.05) is 0 Å². The second kappa shape index (κ2) is 6.44. The largest absolute Gasteiger partial charge is 0.455 e. The van der Waals surface area contributed by atoms with Crippen LogP contribution in [0.15, 0.2) is 45.9 Å². The van der Waals surface area contributed by atoms with Gasteiger partial charge in [-0.25, -0.2) is 5.43 Å². The third-order valence-corrected chi connectivity index (χ3v) is 2.49. The van der Waals surface area contributed by atoms with Crippen LogP contribution >= 0.6 is 0 Å². The number of benzene rings is 1. The molecule has 0 aliphatic heterocycles. The van der Waals surface area contributed by atoms with Gasteiger partial charge >= 0.3 is 0 Å². The van der Waals surface area contributed by atoms with E-state index >= 15 is 0 Å². The van der Waals surface area contributed by atoms with Gasteiger partial charge in [0, 0.05) is 17.7 Å². The second-order valence-electron chi connectivity index (χ2n) is 3.96. The zero-order chi connectivity index (χ0) is 15.2. The highest BCUT2D eigenvalue weighted by Crippen LogP contribution is 2.25. The van der Waals surface area contributed by atoms with Gasteiger partial charge in [-0.15, -0.1) is 0 Å². The van der Waals surface area contributed by atoms with Crippen LogP contribution in [0, 0.1) is 10.1 Å². The van der Waals surface area contributed by atoms with Crippen molar-refractivity contribution in [1.82, 2.24) is 5.43 Å². The minimum atomic E-state index is -0.658. The normalized spacial score (nSPS) is 10.7. The first-order valence-corrected chi connectivity index (χ1v) is 5.87. The summed E-state index contributed by atoms with van der Waals surface area (Å²) in [5.41, 5.74) is 2.61. The van der Waals surface area contributed by atoms with Crippen molar-refractivity contribution in [2.45, 2.75) is 0 Å². The van der Waals surface area contributed by atoms with Crippen LogP contribution < -0.4 is 5.43 Å². The van der Waals surface area contributed by atoms with Gasteiger partial charge in [0.1, 0.15) is 18.1 Å². The molecule has 0 unspecified atom stereocenters. The van der Waals surface area contributed by atoms with Crippen molar-refractivity contribution in [2.24, 2.45) is 5.10 Å². The Balaban J connectivity index is 2.14. The van der Waals surface area contributed by atoms with Gasteiger partial charge in [-0.1, -0.05) is 12.1 Å². The average Bonchev–Trinajstić information content (AvgIpc) is 2.96. The molecule has 21 heavy (non-hydrogen) atoms. The van der Waals surface area contributed by atoms with E-state index in [1.165, 1.54) is 18.3 Å². The zero-order valence-corrected chi connectivity index (χ0v) is 10.7. The molecule has 0 aliphatic rings. The lowest BCUT2D eigenvalue weighted by Gasteiger charge is -1.97. The maximum atomic E-state index is 10.8. The number of furan rings is 1. The summed E-state index contributed by atoms with van der Waals surface area (Å²) >= 11 is 0. The number of rotatable bonds is 5. The molecule has 0 fully saturated rings. The third-order valence-electron chi connectivity index (χ3n) is 2.49. The molecule has 2 rings (SSSR count). The summed E-state index contributed by atoms with van der Waals surface area (Å²) in [4.78, 5) is 21.0. The van der Waals surface area contributed by atoms with E-state index in [1.54, 1.807) is 24.3 Å². The smallest absolute Gasteiger partial charge is 0.270 e. The van der Waals surface area contributed by atoms with Crippen molar-refractivity contribution in [3.8, 4) is 11.3 Å². The summed E-state index contributed by atoms with van der Waals surface area (Å²) in [6, 6.07) is 9.26. The Bertz CT molecular complexity index is 693. The van der Waals surface area contributed by atoms with E-state index in [2.05, 4.69) is 10.5 Å². The lowest BCUT2D eigenvalue weighted by atomic mass is 10.1. The quantitative estimate of drug-likeness (QED) is 0.488. The Labute approximate surface area is 118 Å². The number of hydrogen-bond donors (Lipinski definition) is 2. The summed E-state index contributed by atoms with van der Waals surface area (Å²) in [5, 5.41) is 22.8. The first-order valence-electron chi connectivity index (χ1n) is 5.87. The standard InChI is InChI=1S/C13H11N3O5/c17-8-13(18)15-14-7-11-4-5-12(21-11)9-2-1-3-10(6-9)16(19)20/h1-7,17H,8H2,(H,15,18)/b14-7+. The second-order valence-corrected chi connectivity index (χ2v) is 3.96. The first-order chi connectivity index (χ1) is 10.1. The van der Waals surface area contributed by atoms with Crippen LogP contribution in [-0.4, -0.2) is 28.8 Å². The minimum Gasteiger partial charge on any atom is -0.455 e. The number of hydrogen-bond acceptors (Lipinski definition) is 6. The van der Waals surface area contributed by atoms with Gasteiger partial charge < -0.3 is 9.52 Å². The fourth-order valence-electron chi connectivity index (χ4n) is 1.55. The molecule has 8 heteroatoms. The lowest BCUT2D eigenvalue weighted by molar-refractivity contribution is -0.384. The Morgan fingerprint density at radius 1 is 1.43 bits per heavy atom. The molecule has 1 aromatic carbocycles. The monoisotopic (exact) mass is 289 g/mol. The van der Waals surface area contributed by atoms with Gasteiger partial charge in [-0.2, -0.15) is 5.10 Å². The molecule has 108 valence electrons. The number of aliphatic hydroxyl groups is 1. The van der Waals surface area contributed by atoms with Crippen LogP contribution in [0.2, 0.25) is 0 Å². The number of aliphatic hydroxyl groups excluding tert-OH is 1. The Kier molecular flexibility index (Phi) is 4.42. The molecule has 0 bridgehead atoms. The van der Waals surface area contributed by atoms with E-state index < -0.39 is 17.4 Å². The van der Waals surface area contributed by atoms with E-state index in [-0.39, 0.29) is 5.69 Å². The third kappa shape index (κ3) is 3.74. The van der Waals surface area contributed by atoms with Gasteiger partial charge in [-0.3, -0.25) is 14.9 Å². The van der Waals surface area contributed by atoms with E-state index in [0.717, 1.165) is 0 Å². The van der Waals surface area contributed by atoms with Gasteiger partial charge in [0.25, 0.3) is 11.6 Å². The predicted octanol–water partition coefficient (Wildman–Crippen LogP) is 1.30. The van der Waals surface area contributed by atoms with Crippen LogP contribution in [0.25, 0.3) is 11.3 Å². The molecular weight excluding hydrogens is 278 g/mol. The molecule has 2 aromatic rings. The Morgan fingerprint density at radius 3 is 2.95 bits per heavy atom. The van der Waals surface area contributed by atoms with E-state index in [9.17, 15) is 14.9 Å². The zero-order valence-electron chi connectivity index (χ0n) is 10.7. The van der Waals surface area contributed by atoms with Crippen molar-refractivity contribution < 1.29 is 19.2 Å². The Morgan fingerprint density at radius 2 is 2.24 bits per heavy atom. The van der Waals surface area contributed by atoms with Crippen molar-refractivity contribution in [1.29, 1.82) is 0 Å². The predicted molar refractivity (Wildman–Crippen MR) is 73.6 cm³/mol.